The molecule has 0 saturated heterocycles. The zero-order valence-corrected chi connectivity index (χ0v) is 12.8. The van der Waals surface area contributed by atoms with Gasteiger partial charge in [0.1, 0.15) is 11.8 Å². The van der Waals surface area contributed by atoms with E-state index in [4.69, 9.17) is 4.74 Å². The van der Waals surface area contributed by atoms with Crippen molar-refractivity contribution >= 4 is 16.0 Å². The van der Waals surface area contributed by atoms with Crippen LogP contribution in [0.25, 0.3) is 0 Å². The average molecular weight is 313 g/mol. The van der Waals surface area contributed by atoms with Gasteiger partial charge in [0.15, 0.2) is 0 Å². The maximum absolute atomic E-state index is 12.4. The lowest BCUT2D eigenvalue weighted by Gasteiger charge is -2.20. The number of benzene rings is 1. The molecule has 0 bridgehead atoms. The molecule has 0 amide bonds. The van der Waals surface area contributed by atoms with Gasteiger partial charge >= 0.3 is 5.97 Å². The Bertz CT molecular complexity index is 641. The summed E-state index contributed by atoms with van der Waals surface area (Å²) in [4.78, 5) is 11.3. The van der Waals surface area contributed by atoms with Crippen LogP contribution in [0.2, 0.25) is 0 Å². The first kappa shape index (κ1) is 15.8. The lowest BCUT2D eigenvalue weighted by molar-refractivity contribution is -0.140. The highest BCUT2D eigenvalue weighted by molar-refractivity contribution is 7.89. The van der Waals surface area contributed by atoms with E-state index in [0.29, 0.717) is 25.2 Å². The second-order valence-corrected chi connectivity index (χ2v) is 6.90. The molecule has 2 N–H and O–H groups in total. The molecule has 0 spiro atoms. The van der Waals surface area contributed by atoms with Crippen molar-refractivity contribution in [3.8, 4) is 5.75 Å². The van der Waals surface area contributed by atoms with Gasteiger partial charge in [0.25, 0.3) is 0 Å². The van der Waals surface area contributed by atoms with Gasteiger partial charge in [-0.2, -0.15) is 4.72 Å². The Labute approximate surface area is 124 Å². The highest BCUT2D eigenvalue weighted by atomic mass is 32.2. The number of sulfonamides is 1. The molecule has 1 aliphatic rings. The van der Waals surface area contributed by atoms with E-state index in [2.05, 4.69) is 4.72 Å². The lowest BCUT2D eigenvalue weighted by atomic mass is 10.0. The topological polar surface area (TPSA) is 92.7 Å². The molecule has 0 saturated carbocycles. The van der Waals surface area contributed by atoms with E-state index in [1.54, 1.807) is 19.1 Å². The van der Waals surface area contributed by atoms with E-state index < -0.39 is 22.0 Å². The minimum atomic E-state index is -3.87. The summed E-state index contributed by atoms with van der Waals surface area (Å²) >= 11 is 0. The summed E-state index contributed by atoms with van der Waals surface area (Å²) in [6.45, 7) is 4.07. The Morgan fingerprint density at radius 1 is 1.48 bits per heavy atom. The van der Waals surface area contributed by atoms with Crippen molar-refractivity contribution in [2.75, 3.05) is 6.61 Å². The number of carboxylic acid groups (broad SMARTS) is 1. The summed E-state index contributed by atoms with van der Waals surface area (Å²) in [5.41, 5.74) is 0.827. The van der Waals surface area contributed by atoms with E-state index in [9.17, 15) is 18.3 Å². The first-order valence-electron chi connectivity index (χ1n) is 6.86. The molecule has 0 radical (unpaired) electrons. The van der Waals surface area contributed by atoms with Crippen LogP contribution in [0.15, 0.2) is 23.1 Å². The molecule has 1 heterocycles. The molecule has 1 aromatic carbocycles. The number of rotatable bonds is 6. The molecule has 116 valence electrons. The Kier molecular flexibility index (Phi) is 4.53. The molecule has 2 atom stereocenters. The molecule has 0 fully saturated rings. The first-order valence-corrected chi connectivity index (χ1v) is 8.34. The van der Waals surface area contributed by atoms with E-state index in [1.165, 1.54) is 6.07 Å². The second-order valence-electron chi connectivity index (χ2n) is 5.19. The van der Waals surface area contributed by atoms with Gasteiger partial charge in [0, 0.05) is 6.42 Å². The largest absolute Gasteiger partial charge is 0.493 e. The number of hydrogen-bond donors (Lipinski definition) is 2. The zero-order chi connectivity index (χ0) is 15.6. The van der Waals surface area contributed by atoms with Crippen LogP contribution >= 0.6 is 0 Å². The van der Waals surface area contributed by atoms with Crippen molar-refractivity contribution in [1.29, 1.82) is 0 Å². The third-order valence-electron chi connectivity index (χ3n) is 3.73. The molecule has 1 aliphatic heterocycles. The Hall–Kier alpha value is -1.60. The Morgan fingerprint density at radius 2 is 2.19 bits per heavy atom. The summed E-state index contributed by atoms with van der Waals surface area (Å²) in [5.74, 6) is -0.780. The van der Waals surface area contributed by atoms with Crippen molar-refractivity contribution in [1.82, 2.24) is 4.72 Å². The van der Waals surface area contributed by atoms with Crippen molar-refractivity contribution in [3.05, 3.63) is 23.8 Å². The number of carbonyl (C=O) groups is 1. The van der Waals surface area contributed by atoms with Crippen molar-refractivity contribution in [2.24, 2.45) is 5.92 Å². The Morgan fingerprint density at radius 3 is 2.81 bits per heavy atom. The van der Waals surface area contributed by atoms with E-state index in [0.717, 1.165) is 5.56 Å². The summed E-state index contributed by atoms with van der Waals surface area (Å²) in [5, 5.41) is 9.19. The maximum atomic E-state index is 12.4. The quantitative estimate of drug-likeness (QED) is 0.828. The molecule has 2 unspecified atom stereocenters. The fourth-order valence-electron chi connectivity index (χ4n) is 2.21. The number of nitrogens with one attached hydrogen (secondary N) is 1. The lowest BCUT2D eigenvalue weighted by Crippen LogP contribution is -2.44. The third kappa shape index (κ3) is 3.36. The predicted octanol–water partition coefficient (Wildman–Crippen LogP) is 1.40. The monoisotopic (exact) mass is 313 g/mol. The van der Waals surface area contributed by atoms with Gasteiger partial charge in [-0.05, 0) is 29.7 Å². The third-order valence-corrected chi connectivity index (χ3v) is 5.17. The molecule has 21 heavy (non-hydrogen) atoms. The van der Waals surface area contributed by atoms with Crippen molar-refractivity contribution < 1.29 is 23.1 Å². The summed E-state index contributed by atoms with van der Waals surface area (Å²) in [7, 11) is -3.87. The molecule has 2 rings (SSSR count). The van der Waals surface area contributed by atoms with Crippen LogP contribution in [0, 0.1) is 5.92 Å². The zero-order valence-electron chi connectivity index (χ0n) is 12.0. The van der Waals surface area contributed by atoms with Gasteiger partial charge in [-0.1, -0.05) is 20.3 Å². The number of hydrogen-bond acceptors (Lipinski definition) is 4. The maximum Gasteiger partial charge on any atom is 0.322 e. The molecule has 7 heteroatoms. The van der Waals surface area contributed by atoms with E-state index in [1.807, 2.05) is 6.92 Å². The summed E-state index contributed by atoms with van der Waals surface area (Å²) < 4.78 is 32.3. The second kappa shape index (κ2) is 6.03. The molecule has 0 aromatic heterocycles. The van der Waals surface area contributed by atoms with Gasteiger partial charge in [0.05, 0.1) is 11.5 Å². The van der Waals surface area contributed by atoms with Crippen molar-refractivity contribution in [2.45, 2.75) is 37.6 Å². The van der Waals surface area contributed by atoms with Gasteiger partial charge in [-0.25, -0.2) is 8.42 Å². The van der Waals surface area contributed by atoms with Gasteiger partial charge in [0.2, 0.25) is 10.0 Å². The van der Waals surface area contributed by atoms with Crippen LogP contribution in [-0.2, 0) is 21.2 Å². The van der Waals surface area contributed by atoms with Gasteiger partial charge in [-0.15, -0.1) is 0 Å². The summed E-state index contributed by atoms with van der Waals surface area (Å²) in [6, 6.07) is 3.45. The predicted molar refractivity (Wildman–Crippen MR) is 76.8 cm³/mol. The van der Waals surface area contributed by atoms with Gasteiger partial charge in [-0.3, -0.25) is 4.79 Å². The molecular weight excluding hydrogens is 294 g/mol. The van der Waals surface area contributed by atoms with Crippen LogP contribution in [0.1, 0.15) is 25.8 Å². The van der Waals surface area contributed by atoms with Crippen LogP contribution < -0.4 is 9.46 Å². The van der Waals surface area contributed by atoms with Crippen LogP contribution in [-0.4, -0.2) is 32.1 Å². The molecule has 0 aliphatic carbocycles. The molecule has 1 aromatic rings. The summed E-state index contributed by atoms with van der Waals surface area (Å²) in [6.07, 6.45) is 1.23. The molecular formula is C14H19NO5S. The molecule has 6 nitrogen and oxygen atoms in total. The normalized spacial score (nSPS) is 16.9. The Balaban J connectivity index is 2.27. The number of fused-ring (bicyclic) bond motifs is 1. The van der Waals surface area contributed by atoms with Crippen LogP contribution in [0.5, 0.6) is 5.75 Å². The fraction of sp³-hybridized carbons (Fsp3) is 0.500. The van der Waals surface area contributed by atoms with Crippen molar-refractivity contribution in [3.63, 3.8) is 0 Å². The number of carboxylic acids is 1. The van der Waals surface area contributed by atoms with E-state index in [-0.39, 0.29) is 10.8 Å². The van der Waals surface area contributed by atoms with Crippen LogP contribution in [0.3, 0.4) is 0 Å². The number of aliphatic carboxylic acids is 1. The highest BCUT2D eigenvalue weighted by Crippen LogP contribution is 2.27. The smallest absolute Gasteiger partial charge is 0.322 e. The van der Waals surface area contributed by atoms with Gasteiger partial charge < -0.3 is 9.84 Å². The first-order chi connectivity index (χ1) is 9.85. The highest BCUT2D eigenvalue weighted by Gasteiger charge is 2.30. The minimum absolute atomic E-state index is 0.0707. The number of ether oxygens (including phenoxy) is 1. The fourth-order valence-corrected chi connectivity index (χ4v) is 3.56. The minimum Gasteiger partial charge on any atom is -0.493 e. The standard InChI is InChI=1S/C14H19NO5S/c1-3-9(2)13(14(16)17)15-21(18,19)11-4-5-12-10(8-11)6-7-20-12/h4-5,8-9,13,15H,3,6-7H2,1-2H3,(H,16,17). The van der Waals surface area contributed by atoms with E-state index >= 15 is 0 Å². The SMILES string of the molecule is CCC(C)C(NS(=O)(=O)c1ccc2c(c1)CCO2)C(=O)O. The average Bonchev–Trinajstić information content (AvgIpc) is 2.91. The van der Waals surface area contributed by atoms with Crippen LogP contribution in [0.4, 0.5) is 0 Å².